The fraction of sp³-hybridized carbons (Fsp3) is 0.167. The average molecular weight is 273 g/mol. The van der Waals surface area contributed by atoms with Crippen LogP contribution in [0, 0.1) is 11.3 Å². The van der Waals surface area contributed by atoms with E-state index in [1.54, 1.807) is 12.1 Å². The number of hydrogen-bond donors (Lipinski definition) is 2. The van der Waals surface area contributed by atoms with Gasteiger partial charge in [-0.1, -0.05) is 11.4 Å². The topological polar surface area (TPSA) is 105 Å². The zero-order valence-electron chi connectivity index (χ0n) is 10.2. The van der Waals surface area contributed by atoms with Crippen molar-refractivity contribution in [2.75, 3.05) is 11.1 Å². The molecular formula is C12H11N5OS. The highest BCUT2D eigenvalue weighted by Crippen LogP contribution is 2.21. The molecule has 0 radical (unpaired) electrons. The SMILES string of the molecule is CCc1nnsc1C(=O)Nc1ccc(C#N)cc1N. The number of aromatic nitrogens is 2. The number of aryl methyl sites for hydroxylation is 1. The normalized spacial score (nSPS) is 9.89. The summed E-state index contributed by atoms with van der Waals surface area (Å²) < 4.78 is 3.76. The molecule has 19 heavy (non-hydrogen) atoms. The quantitative estimate of drug-likeness (QED) is 0.830. The summed E-state index contributed by atoms with van der Waals surface area (Å²) in [6, 6.07) is 6.70. The maximum absolute atomic E-state index is 12.1. The van der Waals surface area contributed by atoms with Crippen LogP contribution in [-0.2, 0) is 6.42 Å². The van der Waals surface area contributed by atoms with Crippen molar-refractivity contribution in [3.8, 4) is 6.07 Å². The lowest BCUT2D eigenvalue weighted by Gasteiger charge is -2.07. The third-order valence-electron chi connectivity index (χ3n) is 2.53. The average Bonchev–Trinajstić information content (AvgIpc) is 2.89. The van der Waals surface area contributed by atoms with Crippen LogP contribution in [0.3, 0.4) is 0 Å². The Bertz CT molecular complexity index is 658. The van der Waals surface area contributed by atoms with Crippen molar-refractivity contribution in [1.82, 2.24) is 9.59 Å². The summed E-state index contributed by atoms with van der Waals surface area (Å²) in [7, 11) is 0. The van der Waals surface area contributed by atoms with Crippen molar-refractivity contribution in [1.29, 1.82) is 5.26 Å². The molecule has 0 unspecified atom stereocenters. The van der Waals surface area contributed by atoms with E-state index in [0.717, 1.165) is 11.5 Å². The molecule has 1 heterocycles. The van der Waals surface area contributed by atoms with E-state index in [1.165, 1.54) is 6.07 Å². The number of nitrogens with two attached hydrogens (primary N) is 1. The Morgan fingerprint density at radius 1 is 1.58 bits per heavy atom. The molecule has 96 valence electrons. The van der Waals surface area contributed by atoms with Crippen molar-refractivity contribution in [3.63, 3.8) is 0 Å². The molecule has 0 saturated heterocycles. The third-order valence-corrected chi connectivity index (χ3v) is 3.29. The van der Waals surface area contributed by atoms with Crippen LogP contribution < -0.4 is 11.1 Å². The van der Waals surface area contributed by atoms with E-state index in [4.69, 9.17) is 11.0 Å². The first-order chi connectivity index (χ1) is 9.15. The molecule has 1 aromatic carbocycles. The molecule has 0 spiro atoms. The first-order valence-corrected chi connectivity index (χ1v) is 6.35. The van der Waals surface area contributed by atoms with Crippen molar-refractivity contribution in [2.45, 2.75) is 13.3 Å². The summed E-state index contributed by atoms with van der Waals surface area (Å²) in [6.07, 6.45) is 0.641. The summed E-state index contributed by atoms with van der Waals surface area (Å²) in [6.45, 7) is 1.91. The maximum atomic E-state index is 12.1. The molecular weight excluding hydrogens is 262 g/mol. The molecule has 6 nitrogen and oxygen atoms in total. The highest BCUT2D eigenvalue weighted by atomic mass is 32.1. The van der Waals surface area contributed by atoms with Gasteiger partial charge in [-0.15, -0.1) is 5.10 Å². The van der Waals surface area contributed by atoms with Gasteiger partial charge in [0, 0.05) is 0 Å². The van der Waals surface area contributed by atoms with Crippen LogP contribution in [0.2, 0.25) is 0 Å². The Morgan fingerprint density at radius 2 is 2.37 bits per heavy atom. The summed E-state index contributed by atoms with van der Waals surface area (Å²) in [4.78, 5) is 12.5. The minimum absolute atomic E-state index is 0.289. The van der Waals surface area contributed by atoms with E-state index >= 15 is 0 Å². The number of carbonyl (C=O) groups is 1. The van der Waals surface area contributed by atoms with Gasteiger partial charge in [0.05, 0.1) is 28.7 Å². The minimum atomic E-state index is -0.289. The zero-order chi connectivity index (χ0) is 13.8. The van der Waals surface area contributed by atoms with E-state index in [1.807, 2.05) is 13.0 Å². The van der Waals surface area contributed by atoms with Crippen LogP contribution in [0.1, 0.15) is 27.9 Å². The monoisotopic (exact) mass is 273 g/mol. The number of anilines is 2. The summed E-state index contributed by atoms with van der Waals surface area (Å²) >= 11 is 1.05. The lowest BCUT2D eigenvalue weighted by molar-refractivity contribution is 0.102. The number of benzene rings is 1. The molecule has 2 rings (SSSR count). The standard InChI is InChI=1S/C12H11N5OS/c1-2-9-11(19-17-16-9)12(18)15-10-4-3-7(6-13)5-8(10)14/h3-5H,2,14H2,1H3,(H,15,18). The van der Waals surface area contributed by atoms with Crippen molar-refractivity contribution in [2.24, 2.45) is 0 Å². The fourth-order valence-corrected chi connectivity index (χ4v) is 2.18. The van der Waals surface area contributed by atoms with Gasteiger partial charge in [-0.2, -0.15) is 5.26 Å². The van der Waals surface area contributed by atoms with Gasteiger partial charge in [0.25, 0.3) is 5.91 Å². The minimum Gasteiger partial charge on any atom is -0.397 e. The summed E-state index contributed by atoms with van der Waals surface area (Å²) in [5, 5.41) is 15.3. The van der Waals surface area contributed by atoms with Gasteiger partial charge in [0.15, 0.2) is 0 Å². The Kier molecular flexibility index (Phi) is 3.73. The van der Waals surface area contributed by atoms with Crippen LogP contribution in [0.15, 0.2) is 18.2 Å². The number of nitrogen functional groups attached to an aromatic ring is 1. The van der Waals surface area contributed by atoms with Gasteiger partial charge in [0.2, 0.25) is 0 Å². The first kappa shape index (κ1) is 13.0. The smallest absolute Gasteiger partial charge is 0.269 e. The van der Waals surface area contributed by atoms with Gasteiger partial charge in [-0.25, -0.2) is 0 Å². The van der Waals surface area contributed by atoms with Gasteiger partial charge in [-0.05, 0) is 36.2 Å². The van der Waals surface area contributed by atoms with E-state index in [0.29, 0.717) is 33.9 Å². The zero-order valence-corrected chi connectivity index (χ0v) is 11.0. The van der Waals surface area contributed by atoms with Gasteiger partial charge in [0.1, 0.15) is 4.88 Å². The molecule has 7 heteroatoms. The number of amides is 1. The predicted octanol–water partition coefficient (Wildman–Crippen LogP) is 1.81. The Morgan fingerprint density at radius 3 is 3.00 bits per heavy atom. The highest BCUT2D eigenvalue weighted by molar-refractivity contribution is 7.08. The van der Waals surface area contributed by atoms with Crippen molar-refractivity contribution in [3.05, 3.63) is 34.3 Å². The van der Waals surface area contributed by atoms with Gasteiger partial charge < -0.3 is 11.1 Å². The van der Waals surface area contributed by atoms with Gasteiger partial charge in [-0.3, -0.25) is 4.79 Å². The van der Waals surface area contributed by atoms with Gasteiger partial charge >= 0.3 is 0 Å². The van der Waals surface area contributed by atoms with Crippen LogP contribution >= 0.6 is 11.5 Å². The Balaban J connectivity index is 2.22. The number of carbonyl (C=O) groups excluding carboxylic acids is 1. The maximum Gasteiger partial charge on any atom is 0.269 e. The summed E-state index contributed by atoms with van der Waals surface area (Å²) in [5.74, 6) is -0.289. The van der Waals surface area contributed by atoms with Crippen LogP contribution in [-0.4, -0.2) is 15.5 Å². The molecule has 3 N–H and O–H groups in total. The van der Waals surface area contributed by atoms with E-state index < -0.39 is 0 Å². The number of rotatable bonds is 3. The first-order valence-electron chi connectivity index (χ1n) is 5.58. The molecule has 0 atom stereocenters. The summed E-state index contributed by atoms with van der Waals surface area (Å²) in [5.41, 5.74) is 7.71. The third kappa shape index (κ3) is 2.69. The number of hydrogen-bond acceptors (Lipinski definition) is 6. The molecule has 1 aromatic heterocycles. The van der Waals surface area contributed by atoms with Crippen molar-refractivity contribution < 1.29 is 4.79 Å². The largest absolute Gasteiger partial charge is 0.397 e. The highest BCUT2D eigenvalue weighted by Gasteiger charge is 2.16. The van der Waals surface area contributed by atoms with Crippen LogP contribution in [0.5, 0.6) is 0 Å². The molecule has 0 aliphatic rings. The lowest BCUT2D eigenvalue weighted by Crippen LogP contribution is -2.13. The fourth-order valence-electron chi connectivity index (χ4n) is 1.54. The number of nitrogens with one attached hydrogen (secondary N) is 1. The predicted molar refractivity (Wildman–Crippen MR) is 72.8 cm³/mol. The molecule has 1 amide bonds. The second-order valence-corrected chi connectivity index (χ2v) is 4.52. The molecule has 0 aliphatic carbocycles. The second kappa shape index (κ2) is 5.46. The van der Waals surface area contributed by atoms with Crippen LogP contribution in [0.4, 0.5) is 11.4 Å². The van der Waals surface area contributed by atoms with Crippen molar-refractivity contribution >= 4 is 28.8 Å². The van der Waals surface area contributed by atoms with E-state index in [9.17, 15) is 4.79 Å². The Labute approximate surface area is 114 Å². The molecule has 0 bridgehead atoms. The molecule has 0 saturated carbocycles. The second-order valence-electron chi connectivity index (χ2n) is 3.77. The molecule has 0 aliphatic heterocycles. The lowest BCUT2D eigenvalue weighted by atomic mass is 10.2. The number of nitrogens with zero attached hydrogens (tertiary/aromatic N) is 3. The number of nitriles is 1. The molecule has 0 fully saturated rings. The van der Waals surface area contributed by atoms with E-state index in [-0.39, 0.29) is 5.91 Å². The van der Waals surface area contributed by atoms with Crippen LogP contribution in [0.25, 0.3) is 0 Å². The molecule has 2 aromatic rings. The van der Waals surface area contributed by atoms with E-state index in [2.05, 4.69) is 14.9 Å². The Hall–Kier alpha value is -2.46.